The summed E-state index contributed by atoms with van der Waals surface area (Å²) in [6.07, 6.45) is 1.07. The quantitative estimate of drug-likeness (QED) is 0.562. The van der Waals surface area contributed by atoms with Crippen molar-refractivity contribution < 1.29 is 0 Å². The molecule has 0 radical (unpaired) electrons. The zero-order valence-corrected chi connectivity index (χ0v) is 10.6. The third-order valence-electron chi connectivity index (χ3n) is 2.55. The fourth-order valence-corrected chi connectivity index (χ4v) is 2.54. The van der Waals surface area contributed by atoms with Gasteiger partial charge in [-0.05, 0) is 35.6 Å². The van der Waals surface area contributed by atoms with Gasteiger partial charge < -0.3 is 10.7 Å². The van der Waals surface area contributed by atoms with E-state index in [1.54, 1.807) is 11.3 Å². The Kier molecular flexibility index (Phi) is 3.95. The maximum atomic E-state index is 5.32. The average molecular weight is 248 g/mol. The Morgan fingerprint density at radius 3 is 2.88 bits per heavy atom. The average Bonchev–Trinajstić information content (AvgIpc) is 2.84. The van der Waals surface area contributed by atoms with Crippen LogP contribution in [0.15, 0.2) is 29.6 Å². The third kappa shape index (κ3) is 2.95. The van der Waals surface area contributed by atoms with Crippen LogP contribution < -0.4 is 16.6 Å². The van der Waals surface area contributed by atoms with Gasteiger partial charge >= 0.3 is 0 Å². The summed E-state index contributed by atoms with van der Waals surface area (Å²) < 4.78 is 0. The molecule has 0 aliphatic carbocycles. The fourth-order valence-electron chi connectivity index (χ4n) is 1.62. The minimum atomic E-state index is 0.664. The molecule has 0 aliphatic rings. The number of anilines is 2. The van der Waals surface area contributed by atoms with E-state index in [-0.39, 0.29) is 0 Å². The Morgan fingerprint density at radius 2 is 2.12 bits per heavy atom. The van der Waals surface area contributed by atoms with Crippen molar-refractivity contribution in [3.8, 4) is 0 Å². The molecular weight excluding hydrogens is 232 g/mol. The van der Waals surface area contributed by atoms with Crippen LogP contribution in [0.25, 0.3) is 0 Å². The summed E-state index contributed by atoms with van der Waals surface area (Å²) in [6, 6.07) is 7.85. The van der Waals surface area contributed by atoms with E-state index >= 15 is 0 Å². The minimum absolute atomic E-state index is 0.664. The van der Waals surface area contributed by atoms with Gasteiger partial charge in [0.25, 0.3) is 0 Å². The number of hydrazine groups is 1. The Balaban J connectivity index is 2.02. The van der Waals surface area contributed by atoms with Crippen molar-refractivity contribution in [1.29, 1.82) is 0 Å². The monoisotopic (exact) mass is 248 g/mol. The van der Waals surface area contributed by atoms with E-state index in [0.717, 1.165) is 18.8 Å². The van der Waals surface area contributed by atoms with Crippen molar-refractivity contribution in [1.82, 2.24) is 4.98 Å². The number of nitrogen functional groups attached to an aromatic ring is 1. The SMILES string of the molecule is CCc1ccsc1CNc1cccc(NN)n1. The molecule has 2 aromatic heterocycles. The zero-order chi connectivity index (χ0) is 12.1. The summed E-state index contributed by atoms with van der Waals surface area (Å²) in [4.78, 5) is 5.67. The highest BCUT2D eigenvalue weighted by atomic mass is 32.1. The van der Waals surface area contributed by atoms with E-state index in [1.165, 1.54) is 10.4 Å². The molecule has 0 bridgehead atoms. The standard InChI is InChI=1S/C12H16N4S/c1-2-9-6-7-17-10(9)8-14-11-4-3-5-12(15-11)16-13/h3-7H,2,8,13H2,1H3,(H2,14,15,16). The zero-order valence-electron chi connectivity index (χ0n) is 9.73. The normalized spacial score (nSPS) is 10.2. The van der Waals surface area contributed by atoms with Gasteiger partial charge in [-0.1, -0.05) is 13.0 Å². The number of nitrogens with zero attached hydrogens (tertiary/aromatic N) is 1. The summed E-state index contributed by atoms with van der Waals surface area (Å²) in [5.41, 5.74) is 3.93. The van der Waals surface area contributed by atoms with E-state index in [1.807, 2.05) is 18.2 Å². The second-order valence-electron chi connectivity index (χ2n) is 3.63. The van der Waals surface area contributed by atoms with Gasteiger partial charge in [-0.3, -0.25) is 0 Å². The van der Waals surface area contributed by atoms with Gasteiger partial charge in [-0.2, -0.15) is 0 Å². The van der Waals surface area contributed by atoms with E-state index in [0.29, 0.717) is 5.82 Å². The number of nitrogens with one attached hydrogen (secondary N) is 2. The highest BCUT2D eigenvalue weighted by Crippen LogP contribution is 2.19. The number of thiophene rings is 1. The number of aromatic nitrogens is 1. The van der Waals surface area contributed by atoms with Crippen LogP contribution in [-0.2, 0) is 13.0 Å². The Bertz CT molecular complexity index is 481. The summed E-state index contributed by atoms with van der Waals surface area (Å²) in [5.74, 6) is 6.81. The number of hydrogen-bond acceptors (Lipinski definition) is 5. The van der Waals surface area contributed by atoms with Crippen molar-refractivity contribution >= 4 is 23.0 Å². The van der Waals surface area contributed by atoms with E-state index in [9.17, 15) is 0 Å². The van der Waals surface area contributed by atoms with Crippen LogP contribution in [-0.4, -0.2) is 4.98 Å². The lowest BCUT2D eigenvalue weighted by molar-refractivity contribution is 1.06. The van der Waals surface area contributed by atoms with E-state index in [4.69, 9.17) is 5.84 Å². The highest BCUT2D eigenvalue weighted by molar-refractivity contribution is 7.10. The molecule has 0 fully saturated rings. The molecule has 2 heterocycles. The topological polar surface area (TPSA) is 63.0 Å². The van der Waals surface area contributed by atoms with E-state index in [2.05, 4.69) is 34.1 Å². The summed E-state index contributed by atoms with van der Waals surface area (Å²) in [5, 5.41) is 5.43. The van der Waals surface area contributed by atoms with Crippen molar-refractivity contribution in [3.63, 3.8) is 0 Å². The van der Waals surface area contributed by atoms with Gasteiger partial charge in [-0.25, -0.2) is 10.8 Å². The first kappa shape index (κ1) is 11.9. The molecular formula is C12H16N4S. The van der Waals surface area contributed by atoms with Crippen molar-refractivity contribution in [2.75, 3.05) is 10.7 Å². The summed E-state index contributed by atoms with van der Waals surface area (Å²) in [7, 11) is 0. The van der Waals surface area contributed by atoms with Gasteiger partial charge in [-0.15, -0.1) is 11.3 Å². The smallest absolute Gasteiger partial charge is 0.142 e. The molecule has 2 rings (SSSR count). The number of hydrogen-bond donors (Lipinski definition) is 3. The van der Waals surface area contributed by atoms with Gasteiger partial charge in [0, 0.05) is 4.88 Å². The lowest BCUT2D eigenvalue weighted by Crippen LogP contribution is -2.09. The lowest BCUT2D eigenvalue weighted by atomic mass is 10.2. The molecule has 5 heteroatoms. The Hall–Kier alpha value is -1.59. The van der Waals surface area contributed by atoms with Crippen LogP contribution in [0.5, 0.6) is 0 Å². The van der Waals surface area contributed by atoms with Crippen LogP contribution in [0.4, 0.5) is 11.6 Å². The van der Waals surface area contributed by atoms with Gasteiger partial charge in [0.05, 0.1) is 6.54 Å². The molecule has 90 valence electrons. The largest absolute Gasteiger partial charge is 0.365 e. The molecule has 0 atom stereocenters. The van der Waals surface area contributed by atoms with Crippen LogP contribution in [0.2, 0.25) is 0 Å². The van der Waals surface area contributed by atoms with Gasteiger partial charge in [0.2, 0.25) is 0 Å². The molecule has 4 nitrogen and oxygen atoms in total. The van der Waals surface area contributed by atoms with Gasteiger partial charge in [0.15, 0.2) is 0 Å². The summed E-state index contributed by atoms with van der Waals surface area (Å²) in [6.45, 7) is 2.98. The van der Waals surface area contributed by atoms with Crippen molar-refractivity contribution in [2.45, 2.75) is 19.9 Å². The number of pyridine rings is 1. The van der Waals surface area contributed by atoms with Crippen LogP contribution in [0.3, 0.4) is 0 Å². The molecule has 4 N–H and O–H groups in total. The third-order valence-corrected chi connectivity index (χ3v) is 3.51. The van der Waals surface area contributed by atoms with Crippen LogP contribution >= 0.6 is 11.3 Å². The van der Waals surface area contributed by atoms with Gasteiger partial charge in [0.1, 0.15) is 11.6 Å². The summed E-state index contributed by atoms with van der Waals surface area (Å²) >= 11 is 1.77. The number of aryl methyl sites for hydroxylation is 1. The maximum Gasteiger partial charge on any atom is 0.142 e. The molecule has 0 spiro atoms. The predicted molar refractivity (Wildman–Crippen MR) is 73.1 cm³/mol. The second-order valence-corrected chi connectivity index (χ2v) is 4.63. The molecule has 0 aliphatic heterocycles. The predicted octanol–water partition coefficient (Wildman–Crippen LogP) is 2.60. The first-order chi connectivity index (χ1) is 8.33. The molecule has 17 heavy (non-hydrogen) atoms. The lowest BCUT2D eigenvalue weighted by Gasteiger charge is -2.07. The number of nitrogens with two attached hydrogens (primary N) is 1. The molecule has 2 aromatic rings. The molecule has 0 saturated heterocycles. The molecule has 0 saturated carbocycles. The van der Waals surface area contributed by atoms with Crippen LogP contribution in [0, 0.1) is 0 Å². The van der Waals surface area contributed by atoms with Crippen molar-refractivity contribution in [3.05, 3.63) is 40.1 Å². The Labute approximate surface area is 105 Å². The molecule has 0 amide bonds. The Morgan fingerprint density at radius 1 is 1.29 bits per heavy atom. The first-order valence-electron chi connectivity index (χ1n) is 5.56. The minimum Gasteiger partial charge on any atom is -0.365 e. The first-order valence-corrected chi connectivity index (χ1v) is 6.44. The fraction of sp³-hybridized carbons (Fsp3) is 0.250. The second kappa shape index (κ2) is 5.65. The molecule has 0 aromatic carbocycles. The number of rotatable bonds is 5. The van der Waals surface area contributed by atoms with Crippen molar-refractivity contribution in [2.24, 2.45) is 5.84 Å². The highest BCUT2D eigenvalue weighted by Gasteiger charge is 2.02. The molecule has 0 unspecified atom stereocenters. The van der Waals surface area contributed by atoms with E-state index < -0.39 is 0 Å². The maximum absolute atomic E-state index is 5.32. The van der Waals surface area contributed by atoms with Crippen LogP contribution in [0.1, 0.15) is 17.4 Å².